The number of anilines is 1. The number of pyridine rings is 1. The third-order valence-corrected chi connectivity index (χ3v) is 2.60. The van der Waals surface area contributed by atoms with E-state index in [1.54, 1.807) is 12.1 Å². The van der Waals surface area contributed by atoms with Crippen molar-refractivity contribution in [3.63, 3.8) is 0 Å². The third kappa shape index (κ3) is 3.23. The fourth-order valence-electron chi connectivity index (χ4n) is 1.37. The van der Waals surface area contributed by atoms with Crippen LogP contribution in [0.2, 0.25) is 0 Å². The van der Waals surface area contributed by atoms with E-state index in [4.69, 9.17) is 0 Å². The van der Waals surface area contributed by atoms with Gasteiger partial charge in [-0.3, -0.25) is 0 Å². The molecule has 0 amide bonds. The summed E-state index contributed by atoms with van der Waals surface area (Å²) >= 11 is 3.24. The molecule has 0 fully saturated rings. The Morgan fingerprint density at radius 3 is 2.76 bits per heavy atom. The van der Waals surface area contributed by atoms with Crippen LogP contribution in [-0.4, -0.2) is 4.98 Å². The van der Waals surface area contributed by atoms with Crippen LogP contribution in [0.25, 0.3) is 0 Å². The molecule has 0 spiro atoms. The fraction of sp³-hybridized carbons (Fsp3) is 0.0833. The van der Waals surface area contributed by atoms with Gasteiger partial charge in [0.05, 0.1) is 17.9 Å². The van der Waals surface area contributed by atoms with Crippen LogP contribution in [0.1, 0.15) is 5.69 Å². The number of benzene rings is 1. The Hall–Kier alpha value is -1.49. The molecule has 1 aromatic carbocycles. The molecule has 0 atom stereocenters. The standard InChI is InChI=1S/C12H9BrF2N2/c13-12-3-1-2-9(17-12)7-16-11-6-8(14)4-5-10(11)15/h1-6,16H,7H2. The number of nitrogens with one attached hydrogen (secondary N) is 1. The van der Waals surface area contributed by atoms with Crippen LogP contribution in [0.4, 0.5) is 14.5 Å². The molecule has 1 aromatic heterocycles. The van der Waals surface area contributed by atoms with Gasteiger partial charge in [-0.15, -0.1) is 0 Å². The molecule has 0 saturated heterocycles. The van der Waals surface area contributed by atoms with Crippen LogP contribution in [-0.2, 0) is 6.54 Å². The number of halogens is 3. The molecule has 88 valence electrons. The highest BCUT2D eigenvalue weighted by Gasteiger charge is 2.03. The molecular formula is C12H9BrF2N2. The summed E-state index contributed by atoms with van der Waals surface area (Å²) < 4.78 is 26.9. The minimum absolute atomic E-state index is 0.131. The second-order valence-electron chi connectivity index (χ2n) is 3.43. The van der Waals surface area contributed by atoms with Crippen molar-refractivity contribution in [2.45, 2.75) is 6.54 Å². The van der Waals surface area contributed by atoms with Crippen molar-refractivity contribution in [2.24, 2.45) is 0 Å². The molecule has 0 aliphatic rings. The van der Waals surface area contributed by atoms with Gasteiger partial charge in [-0.25, -0.2) is 13.8 Å². The molecule has 5 heteroatoms. The Balaban J connectivity index is 2.09. The van der Waals surface area contributed by atoms with Crippen molar-refractivity contribution in [3.05, 3.63) is 58.3 Å². The van der Waals surface area contributed by atoms with Crippen molar-refractivity contribution in [1.29, 1.82) is 0 Å². The molecule has 17 heavy (non-hydrogen) atoms. The van der Waals surface area contributed by atoms with Crippen LogP contribution in [0.15, 0.2) is 41.0 Å². The minimum atomic E-state index is -0.485. The van der Waals surface area contributed by atoms with Crippen LogP contribution < -0.4 is 5.32 Å². The number of aromatic nitrogens is 1. The highest BCUT2D eigenvalue weighted by molar-refractivity contribution is 9.10. The second-order valence-corrected chi connectivity index (χ2v) is 4.24. The first-order valence-electron chi connectivity index (χ1n) is 4.95. The smallest absolute Gasteiger partial charge is 0.146 e. The Morgan fingerprint density at radius 2 is 2.00 bits per heavy atom. The number of nitrogens with zero attached hydrogens (tertiary/aromatic N) is 1. The maximum absolute atomic E-state index is 13.3. The van der Waals surface area contributed by atoms with Gasteiger partial charge in [0.1, 0.15) is 16.2 Å². The van der Waals surface area contributed by atoms with Gasteiger partial charge >= 0.3 is 0 Å². The molecule has 0 bridgehead atoms. The average Bonchev–Trinajstić information content (AvgIpc) is 2.30. The number of hydrogen-bond acceptors (Lipinski definition) is 2. The quantitative estimate of drug-likeness (QED) is 0.873. The summed E-state index contributed by atoms with van der Waals surface area (Å²) in [5.74, 6) is -0.961. The SMILES string of the molecule is Fc1ccc(F)c(NCc2cccc(Br)n2)c1. The minimum Gasteiger partial charge on any atom is -0.377 e. The van der Waals surface area contributed by atoms with Gasteiger partial charge < -0.3 is 5.32 Å². The molecular weight excluding hydrogens is 290 g/mol. The van der Waals surface area contributed by atoms with Crippen molar-refractivity contribution < 1.29 is 8.78 Å². The van der Waals surface area contributed by atoms with Gasteiger partial charge in [-0.1, -0.05) is 6.07 Å². The highest BCUT2D eigenvalue weighted by Crippen LogP contribution is 2.16. The third-order valence-electron chi connectivity index (χ3n) is 2.16. The van der Waals surface area contributed by atoms with Crippen LogP contribution in [0.5, 0.6) is 0 Å². The second kappa shape index (κ2) is 5.23. The van der Waals surface area contributed by atoms with Gasteiger partial charge in [0, 0.05) is 0 Å². The van der Waals surface area contributed by atoms with Gasteiger partial charge in [-0.2, -0.15) is 0 Å². The number of hydrogen-bond donors (Lipinski definition) is 1. The van der Waals surface area contributed by atoms with E-state index in [1.807, 2.05) is 6.07 Å². The molecule has 0 aliphatic carbocycles. The Bertz CT molecular complexity index is 532. The summed E-state index contributed by atoms with van der Waals surface area (Å²) in [5, 5.41) is 2.80. The maximum atomic E-state index is 13.3. The summed E-state index contributed by atoms with van der Waals surface area (Å²) in [6, 6.07) is 8.72. The predicted octanol–water partition coefficient (Wildman–Crippen LogP) is 3.73. The molecule has 1 heterocycles. The predicted molar refractivity (Wildman–Crippen MR) is 65.6 cm³/mol. The summed E-state index contributed by atoms with van der Waals surface area (Å²) in [4.78, 5) is 4.18. The van der Waals surface area contributed by atoms with Gasteiger partial charge in [0.15, 0.2) is 0 Å². The first-order chi connectivity index (χ1) is 8.15. The fourth-order valence-corrected chi connectivity index (χ4v) is 1.75. The van der Waals surface area contributed by atoms with Gasteiger partial charge in [0.2, 0.25) is 0 Å². The molecule has 2 aromatic rings. The van der Waals surface area contributed by atoms with E-state index in [0.717, 1.165) is 23.9 Å². The molecule has 1 N–H and O–H groups in total. The van der Waals surface area contributed by atoms with Crippen LogP contribution in [0, 0.1) is 11.6 Å². The van der Waals surface area contributed by atoms with E-state index in [1.165, 1.54) is 0 Å². The van der Waals surface area contributed by atoms with Crippen molar-refractivity contribution in [3.8, 4) is 0 Å². The van der Waals surface area contributed by atoms with E-state index in [9.17, 15) is 8.78 Å². The molecule has 2 rings (SSSR count). The summed E-state index contributed by atoms with van der Waals surface area (Å²) in [6.07, 6.45) is 0. The van der Waals surface area contributed by atoms with Gasteiger partial charge in [-0.05, 0) is 46.3 Å². The average molecular weight is 299 g/mol. The maximum Gasteiger partial charge on any atom is 0.146 e. The lowest BCUT2D eigenvalue weighted by Crippen LogP contribution is -2.03. The Kier molecular flexibility index (Phi) is 3.68. The zero-order valence-corrected chi connectivity index (χ0v) is 10.3. The summed E-state index contributed by atoms with van der Waals surface area (Å²) in [7, 11) is 0. The summed E-state index contributed by atoms with van der Waals surface area (Å²) in [5.41, 5.74) is 0.870. The van der Waals surface area contributed by atoms with Crippen LogP contribution >= 0.6 is 15.9 Å². The van der Waals surface area contributed by atoms with E-state index >= 15 is 0 Å². The van der Waals surface area contributed by atoms with E-state index in [0.29, 0.717) is 11.1 Å². The Morgan fingerprint density at radius 1 is 1.18 bits per heavy atom. The lowest BCUT2D eigenvalue weighted by molar-refractivity contribution is 0.602. The highest BCUT2D eigenvalue weighted by atomic mass is 79.9. The van der Waals surface area contributed by atoms with E-state index < -0.39 is 11.6 Å². The molecule has 2 nitrogen and oxygen atoms in total. The molecule has 0 unspecified atom stereocenters. The first-order valence-corrected chi connectivity index (χ1v) is 5.75. The first kappa shape index (κ1) is 12.0. The normalized spacial score (nSPS) is 10.3. The van der Waals surface area contributed by atoms with Crippen molar-refractivity contribution in [1.82, 2.24) is 4.98 Å². The molecule has 0 aliphatic heterocycles. The lowest BCUT2D eigenvalue weighted by Gasteiger charge is -2.07. The van der Waals surface area contributed by atoms with E-state index in [-0.39, 0.29) is 5.69 Å². The zero-order valence-electron chi connectivity index (χ0n) is 8.75. The van der Waals surface area contributed by atoms with E-state index in [2.05, 4.69) is 26.2 Å². The number of rotatable bonds is 3. The topological polar surface area (TPSA) is 24.9 Å². The lowest BCUT2D eigenvalue weighted by atomic mass is 10.3. The molecule has 0 saturated carbocycles. The Labute approximate surface area is 106 Å². The summed E-state index contributed by atoms with van der Waals surface area (Å²) in [6.45, 7) is 0.333. The van der Waals surface area contributed by atoms with Crippen LogP contribution in [0.3, 0.4) is 0 Å². The largest absolute Gasteiger partial charge is 0.377 e. The molecule has 0 radical (unpaired) electrons. The van der Waals surface area contributed by atoms with Crippen molar-refractivity contribution in [2.75, 3.05) is 5.32 Å². The monoisotopic (exact) mass is 298 g/mol. The van der Waals surface area contributed by atoms with Gasteiger partial charge in [0.25, 0.3) is 0 Å². The zero-order chi connectivity index (χ0) is 12.3. The van der Waals surface area contributed by atoms with Crippen molar-refractivity contribution >= 4 is 21.6 Å².